The van der Waals surface area contributed by atoms with E-state index in [1.54, 1.807) is 0 Å². The fourth-order valence-electron chi connectivity index (χ4n) is 1.77. The van der Waals surface area contributed by atoms with E-state index in [2.05, 4.69) is 0 Å². The van der Waals surface area contributed by atoms with Crippen LogP contribution in [0.3, 0.4) is 0 Å². The zero-order valence-corrected chi connectivity index (χ0v) is 9.66. The van der Waals surface area contributed by atoms with Crippen molar-refractivity contribution in [3.63, 3.8) is 0 Å². The molecule has 2 rings (SSSR count). The maximum Gasteiger partial charge on any atom is 0.241 e. The Bertz CT molecular complexity index is 477. The predicted octanol–water partition coefficient (Wildman–Crippen LogP) is 0.936. The summed E-state index contributed by atoms with van der Waals surface area (Å²) in [6.07, 6.45) is 1.57. The average molecular weight is 256 g/mol. The zero-order valence-electron chi connectivity index (χ0n) is 9.66. The monoisotopic (exact) mass is 256 g/mol. The van der Waals surface area contributed by atoms with Crippen molar-refractivity contribution in [1.82, 2.24) is 0 Å². The number of carbonyl (C=O) groups is 1. The normalized spacial score (nSPS) is 18.2. The molecule has 1 aromatic carbocycles. The van der Waals surface area contributed by atoms with Gasteiger partial charge in [-0.2, -0.15) is 0 Å². The molecular weight excluding hydrogens is 242 g/mol. The van der Waals surface area contributed by atoms with Gasteiger partial charge in [-0.05, 0) is 30.9 Å². The van der Waals surface area contributed by atoms with Gasteiger partial charge in [0.1, 0.15) is 18.0 Å². The Kier molecular flexibility index (Phi) is 3.21. The van der Waals surface area contributed by atoms with Gasteiger partial charge in [-0.15, -0.1) is 0 Å². The van der Waals surface area contributed by atoms with E-state index in [9.17, 15) is 13.6 Å². The van der Waals surface area contributed by atoms with E-state index in [1.165, 1.54) is 0 Å². The highest BCUT2D eigenvalue weighted by Gasteiger charge is 2.47. The molecule has 1 fully saturated rings. The van der Waals surface area contributed by atoms with Gasteiger partial charge in [0, 0.05) is 6.07 Å². The molecule has 0 aromatic heterocycles. The number of halogens is 2. The first-order chi connectivity index (χ1) is 8.43. The summed E-state index contributed by atoms with van der Waals surface area (Å²) in [5.41, 5.74) is 9.78. The van der Waals surface area contributed by atoms with Crippen LogP contribution in [0.2, 0.25) is 0 Å². The summed E-state index contributed by atoms with van der Waals surface area (Å²) in [4.78, 5) is 11.3. The Balaban J connectivity index is 2.10. The third-order valence-electron chi connectivity index (χ3n) is 3.12. The van der Waals surface area contributed by atoms with Gasteiger partial charge in [0.15, 0.2) is 11.6 Å². The first kappa shape index (κ1) is 12.8. The van der Waals surface area contributed by atoms with Gasteiger partial charge < -0.3 is 16.2 Å². The summed E-state index contributed by atoms with van der Waals surface area (Å²) in [5, 5.41) is 0. The van der Waals surface area contributed by atoms with Gasteiger partial charge in [0.05, 0.1) is 0 Å². The third kappa shape index (κ3) is 2.43. The van der Waals surface area contributed by atoms with Gasteiger partial charge in [0.25, 0.3) is 0 Å². The summed E-state index contributed by atoms with van der Waals surface area (Å²) in [6.45, 7) is -0.257. The van der Waals surface area contributed by atoms with E-state index in [0.29, 0.717) is 0 Å². The van der Waals surface area contributed by atoms with Crippen LogP contribution in [0.15, 0.2) is 18.2 Å². The van der Waals surface area contributed by atoms with Crippen LogP contribution in [0, 0.1) is 17.6 Å². The minimum Gasteiger partial charge on any atom is -0.488 e. The molecule has 6 heteroatoms. The van der Waals surface area contributed by atoms with Gasteiger partial charge in [-0.3, -0.25) is 4.79 Å². The predicted molar refractivity (Wildman–Crippen MR) is 60.7 cm³/mol. The second kappa shape index (κ2) is 4.53. The van der Waals surface area contributed by atoms with Gasteiger partial charge in [0.2, 0.25) is 5.91 Å². The van der Waals surface area contributed by atoms with E-state index in [0.717, 1.165) is 31.0 Å². The molecule has 0 radical (unpaired) electrons. The Labute approximate surface area is 103 Å². The van der Waals surface area contributed by atoms with Crippen LogP contribution in [0.1, 0.15) is 12.8 Å². The van der Waals surface area contributed by atoms with Crippen molar-refractivity contribution in [2.24, 2.45) is 17.4 Å². The molecule has 1 aliphatic carbocycles. The second-order valence-corrected chi connectivity index (χ2v) is 4.54. The molecule has 4 N–H and O–H groups in total. The first-order valence-corrected chi connectivity index (χ1v) is 5.60. The van der Waals surface area contributed by atoms with Crippen molar-refractivity contribution in [2.45, 2.75) is 18.4 Å². The summed E-state index contributed by atoms with van der Waals surface area (Å²) < 4.78 is 31.3. The number of amides is 1. The minimum atomic E-state index is -1.32. The molecule has 0 saturated heterocycles. The molecule has 4 nitrogen and oxygen atoms in total. The maximum absolute atomic E-state index is 13.3. The number of rotatable bonds is 5. The van der Waals surface area contributed by atoms with Crippen LogP contribution < -0.4 is 16.2 Å². The molecule has 98 valence electrons. The number of hydrogen-bond donors (Lipinski definition) is 2. The number of benzene rings is 1. The fourth-order valence-corrected chi connectivity index (χ4v) is 1.77. The summed E-state index contributed by atoms with van der Waals surface area (Å²) in [5.74, 6) is -2.35. The lowest BCUT2D eigenvalue weighted by atomic mass is 9.95. The van der Waals surface area contributed by atoms with E-state index < -0.39 is 23.1 Å². The molecule has 1 unspecified atom stereocenters. The van der Waals surface area contributed by atoms with Crippen molar-refractivity contribution in [3.8, 4) is 5.75 Å². The van der Waals surface area contributed by atoms with E-state index in [1.807, 2.05) is 0 Å². The number of ether oxygens (including phenoxy) is 1. The smallest absolute Gasteiger partial charge is 0.241 e. The Morgan fingerprint density at radius 3 is 2.67 bits per heavy atom. The quantitative estimate of drug-likeness (QED) is 0.822. The zero-order chi connectivity index (χ0) is 13.3. The van der Waals surface area contributed by atoms with Crippen LogP contribution in [0.25, 0.3) is 0 Å². The number of hydrogen-bond acceptors (Lipinski definition) is 3. The summed E-state index contributed by atoms with van der Waals surface area (Å²) >= 11 is 0. The molecule has 18 heavy (non-hydrogen) atoms. The SMILES string of the molecule is NC(=O)C(N)(COc1cc(F)ccc1F)C1CC1. The van der Waals surface area contributed by atoms with E-state index >= 15 is 0 Å². The lowest BCUT2D eigenvalue weighted by molar-refractivity contribution is -0.125. The van der Waals surface area contributed by atoms with Crippen LogP contribution in [0.4, 0.5) is 8.78 Å². The molecular formula is C12H14F2N2O2. The lowest BCUT2D eigenvalue weighted by Crippen LogP contribution is -2.58. The van der Waals surface area contributed by atoms with Gasteiger partial charge in [-0.25, -0.2) is 8.78 Å². The molecule has 0 spiro atoms. The van der Waals surface area contributed by atoms with Gasteiger partial charge >= 0.3 is 0 Å². The van der Waals surface area contributed by atoms with Crippen LogP contribution in [-0.4, -0.2) is 18.1 Å². The topological polar surface area (TPSA) is 78.3 Å². The molecule has 0 aliphatic heterocycles. The molecule has 1 saturated carbocycles. The van der Waals surface area contributed by atoms with Crippen LogP contribution in [0.5, 0.6) is 5.75 Å². The minimum absolute atomic E-state index is 0.0494. The maximum atomic E-state index is 13.3. The van der Waals surface area contributed by atoms with E-state index in [4.69, 9.17) is 16.2 Å². The summed E-state index contributed by atoms with van der Waals surface area (Å²) in [6, 6.07) is 2.83. The third-order valence-corrected chi connectivity index (χ3v) is 3.12. The average Bonchev–Trinajstić information content (AvgIpc) is 3.14. The molecule has 1 amide bonds. The molecule has 1 atom stereocenters. The van der Waals surface area contributed by atoms with Crippen molar-refractivity contribution in [1.29, 1.82) is 0 Å². The first-order valence-electron chi connectivity index (χ1n) is 5.60. The van der Waals surface area contributed by atoms with Crippen molar-refractivity contribution in [3.05, 3.63) is 29.8 Å². The summed E-state index contributed by atoms with van der Waals surface area (Å²) in [7, 11) is 0. The Morgan fingerprint density at radius 2 is 2.11 bits per heavy atom. The Hall–Kier alpha value is -1.69. The highest BCUT2D eigenvalue weighted by molar-refractivity contribution is 5.85. The molecule has 1 aromatic rings. The molecule has 0 bridgehead atoms. The molecule has 0 heterocycles. The number of primary amides is 1. The van der Waals surface area contributed by atoms with Gasteiger partial charge in [-0.1, -0.05) is 0 Å². The van der Waals surface area contributed by atoms with Crippen molar-refractivity contribution in [2.75, 3.05) is 6.61 Å². The highest BCUT2D eigenvalue weighted by Crippen LogP contribution is 2.38. The number of nitrogens with two attached hydrogens (primary N) is 2. The van der Waals surface area contributed by atoms with Crippen LogP contribution >= 0.6 is 0 Å². The van der Waals surface area contributed by atoms with Crippen LogP contribution in [-0.2, 0) is 4.79 Å². The standard InChI is InChI=1S/C12H14F2N2O2/c13-8-3-4-9(14)10(5-8)18-6-12(16,11(15)17)7-1-2-7/h3-5,7H,1-2,6,16H2,(H2,15,17). The second-order valence-electron chi connectivity index (χ2n) is 4.54. The van der Waals surface area contributed by atoms with Crippen molar-refractivity contribution >= 4 is 5.91 Å². The number of carbonyl (C=O) groups excluding carboxylic acids is 1. The largest absolute Gasteiger partial charge is 0.488 e. The lowest BCUT2D eigenvalue weighted by Gasteiger charge is -2.25. The van der Waals surface area contributed by atoms with Crippen molar-refractivity contribution < 1.29 is 18.3 Å². The Morgan fingerprint density at radius 1 is 1.44 bits per heavy atom. The fraction of sp³-hybridized carbons (Fsp3) is 0.417. The van der Waals surface area contributed by atoms with E-state index in [-0.39, 0.29) is 18.3 Å². The highest BCUT2D eigenvalue weighted by atomic mass is 19.1. The molecule has 1 aliphatic rings.